The third kappa shape index (κ3) is 6.09. The van der Waals surface area contributed by atoms with E-state index in [4.69, 9.17) is 16.3 Å². The third-order valence-electron chi connectivity index (χ3n) is 5.22. The van der Waals surface area contributed by atoms with Crippen LogP contribution in [0.2, 0.25) is 5.02 Å². The molecule has 0 bridgehead atoms. The maximum atomic E-state index is 12.9. The Morgan fingerprint density at radius 3 is 2.58 bits per heavy atom. The molecule has 2 N–H and O–H groups in total. The van der Waals surface area contributed by atoms with Gasteiger partial charge in [0.15, 0.2) is 0 Å². The number of carbonyl (C=O) groups excluding carboxylic acids is 2. The van der Waals surface area contributed by atoms with Crippen LogP contribution in [0.3, 0.4) is 0 Å². The number of aromatic nitrogens is 3. The summed E-state index contributed by atoms with van der Waals surface area (Å²) >= 11 is 6.74. The number of nitrogens with zero attached hydrogens (tertiary/aromatic N) is 4. The number of alkyl halides is 3. The number of anilines is 2. The van der Waals surface area contributed by atoms with Crippen molar-refractivity contribution in [2.45, 2.75) is 19.1 Å². The average molecular weight is 541 g/mol. The fourth-order valence-electron chi connectivity index (χ4n) is 3.38. The molecule has 0 radical (unpaired) electrons. The second-order valence-corrected chi connectivity index (χ2v) is 9.23. The van der Waals surface area contributed by atoms with Crippen LogP contribution in [0.15, 0.2) is 36.8 Å². The summed E-state index contributed by atoms with van der Waals surface area (Å²) in [6.45, 7) is 4.19. The maximum absolute atomic E-state index is 12.9. The topological polar surface area (TPSA) is 109 Å². The number of hydrogen-bond acceptors (Lipinski definition) is 8. The Balaban J connectivity index is 1.38. The predicted molar refractivity (Wildman–Crippen MR) is 127 cm³/mol. The molecule has 1 aliphatic heterocycles. The standard InChI is InChI=1S/C22H20ClF3N6O3S/c1-12(30-19(33)16-9-18(29-11-28-16)32-4-6-35-7-5-32)21-27-10-17(36-21)20(34)31-13-2-3-14(15(23)8-13)22(24,25)26/h2-3,8-12H,4-7H2,1H3,(H,30,33)(H,31,34). The molecule has 14 heteroatoms. The number of rotatable bonds is 6. The maximum Gasteiger partial charge on any atom is 0.417 e. The van der Waals surface area contributed by atoms with Gasteiger partial charge in [0.25, 0.3) is 11.8 Å². The van der Waals surface area contributed by atoms with Gasteiger partial charge in [-0.05, 0) is 25.1 Å². The lowest BCUT2D eigenvalue weighted by atomic mass is 10.2. The number of amides is 2. The first-order chi connectivity index (χ1) is 17.1. The molecule has 2 aromatic heterocycles. The number of carbonyl (C=O) groups is 2. The van der Waals surface area contributed by atoms with Gasteiger partial charge in [-0.25, -0.2) is 15.0 Å². The van der Waals surface area contributed by atoms with Crippen molar-refractivity contribution in [3.63, 3.8) is 0 Å². The van der Waals surface area contributed by atoms with E-state index < -0.39 is 34.6 Å². The van der Waals surface area contributed by atoms with Gasteiger partial charge >= 0.3 is 6.18 Å². The van der Waals surface area contributed by atoms with E-state index in [1.807, 2.05) is 4.90 Å². The van der Waals surface area contributed by atoms with Crippen LogP contribution in [-0.4, -0.2) is 53.1 Å². The Morgan fingerprint density at radius 1 is 1.14 bits per heavy atom. The Kier molecular flexibility index (Phi) is 7.71. The minimum atomic E-state index is -4.59. The summed E-state index contributed by atoms with van der Waals surface area (Å²) in [5.41, 5.74) is -0.700. The second kappa shape index (κ2) is 10.8. The number of benzene rings is 1. The van der Waals surface area contributed by atoms with Crippen LogP contribution in [0.25, 0.3) is 0 Å². The fourth-order valence-corrected chi connectivity index (χ4v) is 4.48. The molecule has 4 rings (SSSR count). The van der Waals surface area contributed by atoms with Crippen molar-refractivity contribution < 1.29 is 27.5 Å². The summed E-state index contributed by atoms with van der Waals surface area (Å²) in [6.07, 6.45) is -1.95. The van der Waals surface area contributed by atoms with Gasteiger partial charge in [0.1, 0.15) is 27.7 Å². The highest BCUT2D eigenvalue weighted by molar-refractivity contribution is 7.13. The first-order valence-electron chi connectivity index (χ1n) is 10.7. The van der Waals surface area contributed by atoms with E-state index in [2.05, 4.69) is 25.6 Å². The lowest BCUT2D eigenvalue weighted by Gasteiger charge is -2.27. The van der Waals surface area contributed by atoms with Gasteiger partial charge in [-0.1, -0.05) is 11.6 Å². The van der Waals surface area contributed by atoms with E-state index in [9.17, 15) is 22.8 Å². The smallest absolute Gasteiger partial charge is 0.378 e. The number of thiazole rings is 1. The molecule has 0 saturated carbocycles. The summed E-state index contributed by atoms with van der Waals surface area (Å²) in [4.78, 5) is 40.0. The number of nitrogens with one attached hydrogen (secondary N) is 2. The molecule has 190 valence electrons. The van der Waals surface area contributed by atoms with E-state index in [0.717, 1.165) is 29.5 Å². The Hall–Kier alpha value is -3.29. The highest BCUT2D eigenvalue weighted by Crippen LogP contribution is 2.36. The zero-order valence-corrected chi connectivity index (χ0v) is 20.4. The van der Waals surface area contributed by atoms with Crippen LogP contribution in [0, 0.1) is 0 Å². The summed E-state index contributed by atoms with van der Waals surface area (Å²) in [5.74, 6) is -0.373. The van der Waals surface area contributed by atoms with Crippen LogP contribution < -0.4 is 15.5 Å². The molecule has 0 aliphatic carbocycles. The van der Waals surface area contributed by atoms with Crippen molar-refractivity contribution in [3.05, 3.63) is 63.0 Å². The molecule has 2 amide bonds. The highest BCUT2D eigenvalue weighted by Gasteiger charge is 2.33. The number of hydrogen-bond donors (Lipinski definition) is 2. The molecule has 36 heavy (non-hydrogen) atoms. The molecule has 0 spiro atoms. The van der Waals surface area contributed by atoms with Crippen molar-refractivity contribution in [1.82, 2.24) is 20.3 Å². The van der Waals surface area contributed by atoms with Crippen LogP contribution >= 0.6 is 22.9 Å². The molecule has 1 fully saturated rings. The molecule has 3 heterocycles. The molecule has 1 aliphatic rings. The predicted octanol–water partition coefficient (Wildman–Crippen LogP) is 4.19. The number of morpholine rings is 1. The van der Waals surface area contributed by atoms with E-state index in [0.29, 0.717) is 37.1 Å². The van der Waals surface area contributed by atoms with E-state index >= 15 is 0 Å². The van der Waals surface area contributed by atoms with Gasteiger partial charge < -0.3 is 20.3 Å². The lowest BCUT2D eigenvalue weighted by Crippen LogP contribution is -2.37. The van der Waals surface area contributed by atoms with Crippen molar-refractivity contribution >= 4 is 46.3 Å². The summed E-state index contributed by atoms with van der Waals surface area (Å²) < 4.78 is 43.9. The van der Waals surface area contributed by atoms with Gasteiger partial charge in [-0.15, -0.1) is 11.3 Å². The third-order valence-corrected chi connectivity index (χ3v) is 6.71. The van der Waals surface area contributed by atoms with Crippen LogP contribution in [0.4, 0.5) is 24.7 Å². The van der Waals surface area contributed by atoms with E-state index in [1.165, 1.54) is 12.5 Å². The van der Waals surface area contributed by atoms with Crippen LogP contribution in [0.1, 0.15) is 43.7 Å². The van der Waals surface area contributed by atoms with Gasteiger partial charge in [0.05, 0.1) is 36.0 Å². The first kappa shape index (κ1) is 25.8. The van der Waals surface area contributed by atoms with Crippen molar-refractivity contribution in [2.24, 2.45) is 0 Å². The van der Waals surface area contributed by atoms with Crippen LogP contribution in [0.5, 0.6) is 0 Å². The van der Waals surface area contributed by atoms with Crippen molar-refractivity contribution in [2.75, 3.05) is 36.5 Å². The Morgan fingerprint density at radius 2 is 1.89 bits per heavy atom. The normalized spacial score (nSPS) is 14.9. The fraction of sp³-hybridized carbons (Fsp3) is 0.318. The van der Waals surface area contributed by atoms with Gasteiger partial charge in [0.2, 0.25) is 0 Å². The SMILES string of the molecule is CC(NC(=O)c1cc(N2CCOCC2)ncn1)c1ncc(C(=O)Nc2ccc(C(F)(F)F)c(Cl)c2)s1. The molecular formula is C22H20ClF3N6O3S. The molecule has 9 nitrogen and oxygen atoms in total. The minimum absolute atomic E-state index is 0.106. The average Bonchev–Trinajstić information content (AvgIpc) is 3.35. The van der Waals surface area contributed by atoms with Gasteiger partial charge in [-0.2, -0.15) is 13.2 Å². The van der Waals surface area contributed by atoms with Gasteiger partial charge in [-0.3, -0.25) is 9.59 Å². The van der Waals surface area contributed by atoms with Crippen LogP contribution in [-0.2, 0) is 10.9 Å². The second-order valence-electron chi connectivity index (χ2n) is 7.77. The largest absolute Gasteiger partial charge is 0.417 e. The molecular weight excluding hydrogens is 521 g/mol. The molecule has 1 aromatic carbocycles. The molecule has 3 aromatic rings. The number of ether oxygens (including phenoxy) is 1. The lowest BCUT2D eigenvalue weighted by molar-refractivity contribution is -0.137. The van der Waals surface area contributed by atoms with Gasteiger partial charge in [0, 0.05) is 24.8 Å². The Labute approximate surface area is 212 Å². The summed E-state index contributed by atoms with van der Waals surface area (Å²) in [6, 6.07) is 4.00. The number of halogens is 4. The van der Waals surface area contributed by atoms with E-state index in [-0.39, 0.29) is 16.3 Å². The Bertz CT molecular complexity index is 1270. The zero-order valence-electron chi connectivity index (χ0n) is 18.8. The highest BCUT2D eigenvalue weighted by atomic mass is 35.5. The quantitative estimate of drug-likeness (QED) is 0.482. The first-order valence-corrected chi connectivity index (χ1v) is 11.9. The van der Waals surface area contributed by atoms with Crippen molar-refractivity contribution in [1.29, 1.82) is 0 Å². The summed E-state index contributed by atoms with van der Waals surface area (Å²) in [7, 11) is 0. The van der Waals surface area contributed by atoms with E-state index in [1.54, 1.807) is 13.0 Å². The zero-order chi connectivity index (χ0) is 25.9. The molecule has 1 unspecified atom stereocenters. The molecule has 1 atom stereocenters. The summed E-state index contributed by atoms with van der Waals surface area (Å²) in [5, 5.41) is 5.22. The van der Waals surface area contributed by atoms with Crippen molar-refractivity contribution in [3.8, 4) is 0 Å². The minimum Gasteiger partial charge on any atom is -0.378 e. The monoisotopic (exact) mass is 540 g/mol. The molecule has 1 saturated heterocycles.